The predicted molar refractivity (Wildman–Crippen MR) is 129 cm³/mol. The number of likely N-dealkylation sites (tertiary alicyclic amines) is 1. The summed E-state index contributed by atoms with van der Waals surface area (Å²) in [7, 11) is 3.16. The second-order valence-corrected chi connectivity index (χ2v) is 8.58. The van der Waals surface area contributed by atoms with E-state index in [1.165, 1.54) is 12.1 Å². The minimum Gasteiger partial charge on any atom is -0.493 e. The summed E-state index contributed by atoms with van der Waals surface area (Å²) in [5.74, 6) is 0.304. The molecule has 0 spiro atoms. The van der Waals surface area contributed by atoms with E-state index in [1.54, 1.807) is 31.3 Å². The molecule has 7 nitrogen and oxygen atoms in total. The SMILES string of the molecule is CCCCNC(=O)N1CC(C(=O)NCc2cccc(F)c2)CC(c2ccc(OC)c(OC)c2)C1. The number of nitrogens with zero attached hydrogens (tertiary/aromatic N) is 1. The van der Waals surface area contributed by atoms with Crippen LogP contribution in [0.4, 0.5) is 9.18 Å². The van der Waals surface area contributed by atoms with Gasteiger partial charge in [0, 0.05) is 32.1 Å². The molecule has 0 radical (unpaired) electrons. The number of carbonyl (C=O) groups excluding carboxylic acids is 2. The zero-order valence-corrected chi connectivity index (χ0v) is 20.1. The Morgan fingerprint density at radius 2 is 1.85 bits per heavy atom. The number of amides is 3. The molecule has 2 N–H and O–H groups in total. The monoisotopic (exact) mass is 471 g/mol. The fourth-order valence-electron chi connectivity index (χ4n) is 4.27. The first kappa shape index (κ1) is 25.3. The van der Waals surface area contributed by atoms with Gasteiger partial charge in [-0.25, -0.2) is 9.18 Å². The highest BCUT2D eigenvalue weighted by atomic mass is 19.1. The van der Waals surface area contributed by atoms with Crippen molar-refractivity contribution in [1.82, 2.24) is 15.5 Å². The maximum atomic E-state index is 13.5. The summed E-state index contributed by atoms with van der Waals surface area (Å²) in [6.45, 7) is 3.73. The van der Waals surface area contributed by atoms with Crippen molar-refractivity contribution in [2.75, 3.05) is 33.9 Å². The predicted octanol–water partition coefficient (Wildman–Crippen LogP) is 4.07. The Morgan fingerprint density at radius 3 is 2.56 bits per heavy atom. The fourth-order valence-corrected chi connectivity index (χ4v) is 4.27. The third-order valence-corrected chi connectivity index (χ3v) is 6.15. The van der Waals surface area contributed by atoms with Crippen molar-refractivity contribution < 1.29 is 23.5 Å². The number of hydrogen-bond acceptors (Lipinski definition) is 4. The van der Waals surface area contributed by atoms with Gasteiger partial charge in [-0.05, 0) is 48.2 Å². The number of nitrogens with one attached hydrogen (secondary N) is 2. The molecule has 0 bridgehead atoms. The second kappa shape index (κ2) is 12.3. The minimum absolute atomic E-state index is 0.0459. The van der Waals surface area contributed by atoms with E-state index in [4.69, 9.17) is 9.47 Å². The Kier molecular flexibility index (Phi) is 9.13. The van der Waals surface area contributed by atoms with Gasteiger partial charge in [-0.3, -0.25) is 4.79 Å². The normalized spacial score (nSPS) is 17.7. The number of piperidine rings is 1. The van der Waals surface area contributed by atoms with Crippen LogP contribution in [0.25, 0.3) is 0 Å². The Morgan fingerprint density at radius 1 is 1.06 bits per heavy atom. The van der Waals surface area contributed by atoms with Gasteiger partial charge >= 0.3 is 6.03 Å². The van der Waals surface area contributed by atoms with Gasteiger partial charge in [-0.15, -0.1) is 0 Å². The van der Waals surface area contributed by atoms with Crippen LogP contribution in [0.2, 0.25) is 0 Å². The third-order valence-electron chi connectivity index (χ3n) is 6.15. The van der Waals surface area contributed by atoms with Crippen LogP contribution in [0.15, 0.2) is 42.5 Å². The average molecular weight is 472 g/mol. The summed E-state index contributed by atoms with van der Waals surface area (Å²) in [6.07, 6.45) is 2.47. The Hall–Kier alpha value is -3.29. The molecule has 0 aromatic heterocycles. The highest BCUT2D eigenvalue weighted by molar-refractivity contribution is 5.81. The van der Waals surface area contributed by atoms with Crippen LogP contribution in [0.5, 0.6) is 11.5 Å². The molecule has 3 rings (SSSR count). The van der Waals surface area contributed by atoms with Gasteiger partial charge < -0.3 is 25.0 Å². The van der Waals surface area contributed by atoms with Crippen molar-refractivity contribution in [1.29, 1.82) is 0 Å². The molecular formula is C26H34FN3O4. The van der Waals surface area contributed by atoms with Gasteiger partial charge in [-0.2, -0.15) is 0 Å². The molecule has 1 aliphatic rings. The Labute approximate surface area is 200 Å². The maximum Gasteiger partial charge on any atom is 0.317 e. The zero-order valence-electron chi connectivity index (χ0n) is 20.1. The molecule has 3 amide bonds. The Balaban J connectivity index is 1.76. The molecule has 2 unspecified atom stereocenters. The van der Waals surface area contributed by atoms with Crippen LogP contribution in [0, 0.1) is 11.7 Å². The number of hydrogen-bond donors (Lipinski definition) is 2. The van der Waals surface area contributed by atoms with Crippen molar-refractivity contribution in [3.8, 4) is 11.5 Å². The van der Waals surface area contributed by atoms with E-state index in [1.807, 2.05) is 18.2 Å². The molecule has 1 fully saturated rings. The van der Waals surface area contributed by atoms with Crippen LogP contribution in [0.1, 0.15) is 43.2 Å². The van der Waals surface area contributed by atoms with Gasteiger partial charge in [0.1, 0.15) is 5.82 Å². The first-order chi connectivity index (χ1) is 16.4. The van der Waals surface area contributed by atoms with E-state index >= 15 is 0 Å². The number of carbonyl (C=O) groups is 2. The lowest BCUT2D eigenvalue weighted by molar-refractivity contribution is -0.126. The van der Waals surface area contributed by atoms with Gasteiger partial charge in [0.25, 0.3) is 0 Å². The minimum atomic E-state index is -0.391. The lowest BCUT2D eigenvalue weighted by Gasteiger charge is -2.37. The summed E-state index contributed by atoms with van der Waals surface area (Å²) >= 11 is 0. The topological polar surface area (TPSA) is 79.9 Å². The van der Waals surface area contributed by atoms with Crippen molar-refractivity contribution >= 4 is 11.9 Å². The molecule has 2 atom stereocenters. The number of benzene rings is 2. The van der Waals surface area contributed by atoms with Crippen LogP contribution >= 0.6 is 0 Å². The summed E-state index contributed by atoms with van der Waals surface area (Å²) in [4.78, 5) is 27.6. The molecule has 184 valence electrons. The standard InChI is InChI=1S/C26H34FN3O4/c1-4-5-11-28-26(32)30-16-20(19-9-10-23(33-2)24(14-19)34-3)13-21(17-30)25(31)29-15-18-7-6-8-22(27)12-18/h6-10,12,14,20-21H,4-5,11,13,15-17H2,1-3H3,(H,28,32)(H,29,31). The summed E-state index contributed by atoms with van der Waals surface area (Å²) in [6, 6.07) is 11.7. The van der Waals surface area contributed by atoms with E-state index in [9.17, 15) is 14.0 Å². The van der Waals surface area contributed by atoms with Crippen LogP contribution in [-0.4, -0.2) is 50.7 Å². The van der Waals surface area contributed by atoms with Crippen molar-refractivity contribution in [2.45, 2.75) is 38.6 Å². The zero-order chi connectivity index (χ0) is 24.5. The van der Waals surface area contributed by atoms with E-state index in [-0.39, 0.29) is 30.2 Å². The van der Waals surface area contributed by atoms with Crippen LogP contribution in [0.3, 0.4) is 0 Å². The van der Waals surface area contributed by atoms with Crippen molar-refractivity contribution in [2.24, 2.45) is 5.92 Å². The highest BCUT2D eigenvalue weighted by Crippen LogP contribution is 2.36. The maximum absolute atomic E-state index is 13.5. The molecule has 0 saturated carbocycles. The molecule has 1 saturated heterocycles. The fraction of sp³-hybridized carbons (Fsp3) is 0.462. The van der Waals surface area contributed by atoms with Crippen molar-refractivity contribution in [3.05, 3.63) is 59.4 Å². The number of halogens is 1. The molecular weight excluding hydrogens is 437 g/mol. The number of ether oxygens (including phenoxy) is 2. The molecule has 2 aromatic carbocycles. The summed E-state index contributed by atoms with van der Waals surface area (Å²) < 4.78 is 24.3. The first-order valence-electron chi connectivity index (χ1n) is 11.7. The largest absolute Gasteiger partial charge is 0.493 e. The summed E-state index contributed by atoms with van der Waals surface area (Å²) in [5.41, 5.74) is 1.67. The molecule has 0 aliphatic carbocycles. The van der Waals surface area contributed by atoms with Crippen LogP contribution < -0.4 is 20.1 Å². The smallest absolute Gasteiger partial charge is 0.317 e. The highest BCUT2D eigenvalue weighted by Gasteiger charge is 2.34. The summed E-state index contributed by atoms with van der Waals surface area (Å²) in [5, 5.41) is 5.87. The second-order valence-electron chi connectivity index (χ2n) is 8.58. The van der Waals surface area contributed by atoms with Gasteiger partial charge in [0.2, 0.25) is 5.91 Å². The molecule has 1 aliphatic heterocycles. The number of unbranched alkanes of at least 4 members (excludes halogenated alkanes) is 1. The average Bonchev–Trinajstić information content (AvgIpc) is 2.86. The third kappa shape index (κ3) is 6.62. The quantitative estimate of drug-likeness (QED) is 0.541. The number of methoxy groups -OCH3 is 2. The molecule has 34 heavy (non-hydrogen) atoms. The van der Waals surface area contributed by atoms with Gasteiger partial charge in [0.15, 0.2) is 11.5 Å². The molecule has 2 aromatic rings. The van der Waals surface area contributed by atoms with Crippen LogP contribution in [-0.2, 0) is 11.3 Å². The number of rotatable bonds is 9. The number of urea groups is 1. The first-order valence-corrected chi connectivity index (χ1v) is 11.7. The van der Waals surface area contributed by atoms with Gasteiger partial charge in [-0.1, -0.05) is 31.5 Å². The molecule has 1 heterocycles. The lowest BCUT2D eigenvalue weighted by Crippen LogP contribution is -2.51. The molecule has 8 heteroatoms. The lowest BCUT2D eigenvalue weighted by atomic mass is 9.84. The van der Waals surface area contributed by atoms with E-state index in [2.05, 4.69) is 17.6 Å². The van der Waals surface area contributed by atoms with E-state index < -0.39 is 5.92 Å². The Bertz CT molecular complexity index is 984. The van der Waals surface area contributed by atoms with E-state index in [0.717, 1.165) is 18.4 Å². The van der Waals surface area contributed by atoms with Crippen molar-refractivity contribution in [3.63, 3.8) is 0 Å². The van der Waals surface area contributed by atoms with E-state index in [0.29, 0.717) is 43.1 Å². The van der Waals surface area contributed by atoms with Gasteiger partial charge in [0.05, 0.1) is 20.1 Å².